The molecule has 0 atom stereocenters. The number of urea groups is 1. The molecule has 1 heterocycles. The van der Waals surface area contributed by atoms with Gasteiger partial charge in [0.05, 0.1) is 18.1 Å². The summed E-state index contributed by atoms with van der Waals surface area (Å²) in [6.07, 6.45) is -5.68. The van der Waals surface area contributed by atoms with Crippen molar-refractivity contribution in [1.82, 2.24) is 4.90 Å². The summed E-state index contributed by atoms with van der Waals surface area (Å²) in [7, 11) is -0.477. The van der Waals surface area contributed by atoms with Crippen molar-refractivity contribution < 1.29 is 45.0 Å². The van der Waals surface area contributed by atoms with Crippen LogP contribution in [0.3, 0.4) is 0 Å². The van der Waals surface area contributed by atoms with E-state index < -0.39 is 40.1 Å². The fourth-order valence-corrected chi connectivity index (χ4v) is 4.75. The second kappa shape index (κ2) is 10.8. The zero-order valence-electron chi connectivity index (χ0n) is 18.9. The number of methoxy groups -OCH3 is 2. The van der Waals surface area contributed by atoms with Crippen LogP contribution in [0.25, 0.3) is 0 Å². The molecule has 0 bridgehead atoms. The summed E-state index contributed by atoms with van der Waals surface area (Å²) in [5.41, 5.74) is 0.699. The van der Waals surface area contributed by atoms with E-state index in [2.05, 4.69) is 4.74 Å². The zero-order valence-corrected chi connectivity index (χ0v) is 19.7. The van der Waals surface area contributed by atoms with E-state index in [1.807, 2.05) is 0 Å². The highest BCUT2D eigenvalue weighted by molar-refractivity contribution is 7.91. The minimum absolute atomic E-state index is 0.0578. The lowest BCUT2D eigenvalue weighted by Gasteiger charge is -2.33. The normalized spacial score (nSPS) is 15.8. The number of amides is 2. The van der Waals surface area contributed by atoms with Crippen LogP contribution in [-0.4, -0.2) is 64.5 Å². The third kappa shape index (κ3) is 7.05. The summed E-state index contributed by atoms with van der Waals surface area (Å²) in [6.45, 7) is -0.381. The molecule has 8 nitrogen and oxygen atoms in total. The molecule has 0 spiro atoms. The van der Waals surface area contributed by atoms with Crippen molar-refractivity contribution >= 4 is 21.6 Å². The Kier molecular flexibility index (Phi) is 8.23. The molecule has 0 radical (unpaired) electrons. The third-order valence-corrected chi connectivity index (χ3v) is 6.94. The largest absolute Gasteiger partial charge is 0.573 e. The SMILES string of the molecule is COC(OC)c1ccc(CN(C(=O)N2CCS(=O)(=O)CC2)c2ccc(OC(F)(F)F)cc2)c(F)c1. The highest BCUT2D eigenvalue weighted by Crippen LogP contribution is 2.28. The van der Waals surface area contributed by atoms with Gasteiger partial charge in [0.25, 0.3) is 0 Å². The molecule has 2 amide bonds. The summed E-state index contributed by atoms with van der Waals surface area (Å²) in [4.78, 5) is 15.8. The topological polar surface area (TPSA) is 85.4 Å². The van der Waals surface area contributed by atoms with Crippen molar-refractivity contribution in [1.29, 1.82) is 0 Å². The van der Waals surface area contributed by atoms with Crippen LogP contribution in [0.2, 0.25) is 0 Å². The second-order valence-electron chi connectivity index (χ2n) is 7.70. The van der Waals surface area contributed by atoms with E-state index in [-0.39, 0.29) is 42.4 Å². The maximum absolute atomic E-state index is 14.9. The van der Waals surface area contributed by atoms with Gasteiger partial charge >= 0.3 is 12.4 Å². The van der Waals surface area contributed by atoms with Crippen LogP contribution >= 0.6 is 0 Å². The van der Waals surface area contributed by atoms with Gasteiger partial charge in [-0.1, -0.05) is 12.1 Å². The molecule has 2 aromatic rings. The molecule has 1 aliphatic heterocycles. The van der Waals surface area contributed by atoms with Crippen LogP contribution in [0, 0.1) is 5.82 Å². The fourth-order valence-electron chi connectivity index (χ4n) is 3.55. The lowest BCUT2D eigenvalue weighted by molar-refractivity contribution is -0.274. The number of nitrogens with zero attached hydrogens (tertiary/aromatic N) is 2. The number of anilines is 1. The molecule has 0 saturated carbocycles. The second-order valence-corrected chi connectivity index (χ2v) is 10.0. The quantitative estimate of drug-likeness (QED) is 0.407. The van der Waals surface area contributed by atoms with Crippen LogP contribution in [0.15, 0.2) is 42.5 Å². The van der Waals surface area contributed by atoms with Gasteiger partial charge in [-0.15, -0.1) is 13.2 Å². The van der Waals surface area contributed by atoms with Gasteiger partial charge in [0.15, 0.2) is 16.1 Å². The van der Waals surface area contributed by atoms with Crippen LogP contribution < -0.4 is 9.64 Å². The molecule has 13 heteroatoms. The summed E-state index contributed by atoms with van der Waals surface area (Å²) in [5.74, 6) is -1.58. The fraction of sp³-hybridized carbons (Fsp3) is 0.409. The molecular weight excluding hydrogens is 496 g/mol. The first-order valence-corrected chi connectivity index (χ1v) is 12.2. The minimum Gasteiger partial charge on any atom is -0.406 e. The van der Waals surface area contributed by atoms with Crippen molar-refractivity contribution in [2.75, 3.05) is 43.7 Å². The van der Waals surface area contributed by atoms with Crippen molar-refractivity contribution in [3.63, 3.8) is 0 Å². The Morgan fingerprint density at radius 1 is 1.06 bits per heavy atom. The molecule has 0 N–H and O–H groups in total. The number of rotatable bonds is 7. The molecule has 1 fully saturated rings. The van der Waals surface area contributed by atoms with Gasteiger partial charge in [-0.3, -0.25) is 4.90 Å². The zero-order chi connectivity index (χ0) is 25.8. The lowest BCUT2D eigenvalue weighted by atomic mass is 10.1. The van der Waals surface area contributed by atoms with E-state index in [1.54, 1.807) is 6.07 Å². The molecule has 0 unspecified atom stereocenters. The van der Waals surface area contributed by atoms with E-state index >= 15 is 0 Å². The summed E-state index contributed by atoms with van der Waals surface area (Å²) >= 11 is 0. The predicted octanol–water partition coefficient (Wildman–Crippen LogP) is 3.87. The first-order valence-electron chi connectivity index (χ1n) is 10.4. The minimum atomic E-state index is -4.89. The van der Waals surface area contributed by atoms with Crippen LogP contribution in [0.1, 0.15) is 17.4 Å². The Hall–Kier alpha value is -2.90. The van der Waals surface area contributed by atoms with Gasteiger partial charge in [-0.25, -0.2) is 17.6 Å². The van der Waals surface area contributed by atoms with Crippen molar-refractivity contribution in [3.05, 3.63) is 59.4 Å². The maximum atomic E-state index is 14.9. The molecule has 35 heavy (non-hydrogen) atoms. The van der Waals surface area contributed by atoms with Gasteiger partial charge in [0.1, 0.15) is 11.6 Å². The van der Waals surface area contributed by atoms with Crippen LogP contribution in [0.4, 0.5) is 28.0 Å². The van der Waals surface area contributed by atoms with Gasteiger partial charge in [-0.05, 0) is 30.3 Å². The maximum Gasteiger partial charge on any atom is 0.573 e. The number of benzene rings is 2. The molecule has 192 valence electrons. The van der Waals surface area contributed by atoms with E-state index in [0.29, 0.717) is 5.56 Å². The van der Waals surface area contributed by atoms with Gasteiger partial charge < -0.3 is 19.1 Å². The van der Waals surface area contributed by atoms with Crippen LogP contribution in [0.5, 0.6) is 5.75 Å². The lowest BCUT2D eigenvalue weighted by Crippen LogP contribution is -2.49. The molecule has 2 aromatic carbocycles. The Balaban J connectivity index is 1.90. The molecular formula is C22H24F4N2O6S. The number of sulfone groups is 1. The van der Waals surface area contributed by atoms with E-state index in [1.165, 1.54) is 43.4 Å². The average molecular weight is 521 g/mol. The standard InChI is InChI=1S/C22H24F4N2O6S/c1-32-20(33-2)15-3-4-16(19(23)13-15)14-28(21(29)27-9-11-35(30,31)12-10-27)17-5-7-18(8-6-17)34-22(24,25)26/h3-8,13,20H,9-12,14H2,1-2H3. The third-order valence-electron chi connectivity index (χ3n) is 5.33. The monoisotopic (exact) mass is 520 g/mol. The van der Waals surface area contributed by atoms with Crippen molar-refractivity contribution in [3.8, 4) is 5.75 Å². The highest BCUT2D eigenvalue weighted by Gasteiger charge is 2.32. The Labute approximate surface area is 199 Å². The van der Waals surface area contributed by atoms with E-state index in [9.17, 15) is 30.8 Å². The van der Waals surface area contributed by atoms with Crippen LogP contribution in [-0.2, 0) is 25.9 Å². The first-order chi connectivity index (χ1) is 16.4. The molecule has 3 rings (SSSR count). The highest BCUT2D eigenvalue weighted by atomic mass is 32.2. The first kappa shape index (κ1) is 26.7. The van der Waals surface area contributed by atoms with Crippen molar-refractivity contribution in [2.45, 2.75) is 19.2 Å². The van der Waals surface area contributed by atoms with E-state index in [0.717, 1.165) is 17.0 Å². The molecule has 1 saturated heterocycles. The number of hydrogen-bond donors (Lipinski definition) is 0. The van der Waals surface area contributed by atoms with Gasteiger partial charge in [-0.2, -0.15) is 0 Å². The smallest absolute Gasteiger partial charge is 0.406 e. The number of carbonyl (C=O) groups excluding carboxylic acids is 1. The summed E-state index contributed by atoms with van der Waals surface area (Å²) in [6, 6.07) is 8.12. The van der Waals surface area contributed by atoms with Gasteiger partial charge in [0.2, 0.25) is 0 Å². The summed E-state index contributed by atoms with van der Waals surface area (Å²) < 4.78 is 90.0. The molecule has 0 aromatic heterocycles. The number of alkyl halides is 3. The predicted molar refractivity (Wildman–Crippen MR) is 118 cm³/mol. The Morgan fingerprint density at radius 3 is 2.17 bits per heavy atom. The van der Waals surface area contributed by atoms with E-state index in [4.69, 9.17) is 9.47 Å². The molecule has 1 aliphatic rings. The Bertz CT molecular complexity index is 1120. The summed E-state index contributed by atoms with van der Waals surface area (Å²) in [5, 5.41) is 0. The Morgan fingerprint density at radius 2 is 1.66 bits per heavy atom. The number of ether oxygens (including phenoxy) is 3. The molecule has 0 aliphatic carbocycles. The van der Waals surface area contributed by atoms with Crippen molar-refractivity contribution in [2.24, 2.45) is 0 Å². The average Bonchev–Trinajstić information content (AvgIpc) is 2.79. The number of hydrogen-bond acceptors (Lipinski definition) is 6. The number of halogens is 4. The number of carbonyl (C=O) groups is 1. The van der Waals surface area contributed by atoms with Gasteiger partial charge in [0, 0.05) is 44.1 Å².